The second kappa shape index (κ2) is 9.14. The van der Waals surface area contributed by atoms with Crippen LogP contribution in [0.15, 0.2) is 12.3 Å². The van der Waals surface area contributed by atoms with E-state index in [9.17, 15) is 9.59 Å². The van der Waals surface area contributed by atoms with E-state index in [1.165, 1.54) is 0 Å². The van der Waals surface area contributed by atoms with Crippen molar-refractivity contribution in [3.05, 3.63) is 18.0 Å². The van der Waals surface area contributed by atoms with Crippen LogP contribution in [0.3, 0.4) is 0 Å². The molecule has 26 heavy (non-hydrogen) atoms. The number of nitrogens with zero attached hydrogens (tertiary/aromatic N) is 4. The minimum absolute atomic E-state index is 0.102. The topological polar surface area (TPSA) is 81.8 Å². The maximum Gasteiger partial charge on any atom is 0.227 e. The number of nitrogens with one attached hydrogen (secondary N) is 1. The summed E-state index contributed by atoms with van der Waals surface area (Å²) in [5.41, 5.74) is 0.912. The van der Waals surface area contributed by atoms with Gasteiger partial charge in [0.2, 0.25) is 11.8 Å². The quantitative estimate of drug-likeness (QED) is 0.755. The molecule has 8 nitrogen and oxygen atoms in total. The number of hydrogen-bond acceptors (Lipinski definition) is 5. The van der Waals surface area contributed by atoms with Gasteiger partial charge in [0.05, 0.1) is 31.4 Å². The minimum atomic E-state index is -0.107. The molecule has 1 atom stereocenters. The number of carbonyl (C=O) groups is 2. The van der Waals surface area contributed by atoms with Crippen molar-refractivity contribution in [1.82, 2.24) is 24.9 Å². The summed E-state index contributed by atoms with van der Waals surface area (Å²) in [4.78, 5) is 30.9. The predicted molar refractivity (Wildman–Crippen MR) is 96.2 cm³/mol. The van der Waals surface area contributed by atoms with Gasteiger partial charge < -0.3 is 14.5 Å². The van der Waals surface area contributed by atoms with Gasteiger partial charge in [0, 0.05) is 52.4 Å². The van der Waals surface area contributed by atoms with Crippen LogP contribution in [0.25, 0.3) is 0 Å². The van der Waals surface area contributed by atoms with E-state index in [-0.39, 0.29) is 17.7 Å². The molecule has 1 N–H and O–H groups in total. The number of aromatic nitrogens is 2. The Hall–Kier alpha value is -1.93. The van der Waals surface area contributed by atoms with Gasteiger partial charge in [-0.1, -0.05) is 0 Å². The third-order valence-corrected chi connectivity index (χ3v) is 5.20. The lowest BCUT2D eigenvalue weighted by Gasteiger charge is -2.34. The molecule has 2 saturated heterocycles. The van der Waals surface area contributed by atoms with Crippen LogP contribution in [0.1, 0.15) is 25.0 Å². The van der Waals surface area contributed by atoms with Crippen LogP contribution in [-0.2, 0) is 20.9 Å². The molecule has 8 heteroatoms. The predicted octanol–water partition coefficient (Wildman–Crippen LogP) is 0.329. The number of morpholine rings is 1. The van der Waals surface area contributed by atoms with Gasteiger partial charge in [-0.3, -0.25) is 19.6 Å². The molecule has 0 aromatic carbocycles. The maximum absolute atomic E-state index is 12.7. The molecule has 0 saturated carbocycles. The molecular weight excluding hydrogens is 334 g/mol. The first-order valence-corrected chi connectivity index (χ1v) is 9.44. The third kappa shape index (κ3) is 5.04. The summed E-state index contributed by atoms with van der Waals surface area (Å²) in [5, 5.41) is 6.79. The van der Waals surface area contributed by atoms with E-state index in [0.29, 0.717) is 25.9 Å². The molecule has 0 unspecified atom stereocenters. The van der Waals surface area contributed by atoms with Crippen molar-refractivity contribution in [2.24, 2.45) is 5.92 Å². The molecule has 3 rings (SSSR count). The largest absolute Gasteiger partial charge is 0.379 e. The van der Waals surface area contributed by atoms with Gasteiger partial charge in [-0.15, -0.1) is 0 Å². The number of hydrogen-bond donors (Lipinski definition) is 1. The zero-order valence-corrected chi connectivity index (χ0v) is 15.5. The Morgan fingerprint density at radius 2 is 2.19 bits per heavy atom. The molecule has 0 spiro atoms. The van der Waals surface area contributed by atoms with E-state index in [2.05, 4.69) is 15.1 Å². The fourth-order valence-electron chi connectivity index (χ4n) is 3.66. The van der Waals surface area contributed by atoms with Crippen molar-refractivity contribution in [1.29, 1.82) is 0 Å². The van der Waals surface area contributed by atoms with Crippen molar-refractivity contribution >= 4 is 11.8 Å². The molecule has 2 aliphatic heterocycles. The average Bonchev–Trinajstić information content (AvgIpc) is 3.16. The van der Waals surface area contributed by atoms with E-state index in [0.717, 1.165) is 51.5 Å². The molecule has 0 aliphatic carbocycles. The summed E-state index contributed by atoms with van der Waals surface area (Å²) >= 11 is 0. The third-order valence-electron chi connectivity index (χ3n) is 5.20. The smallest absolute Gasteiger partial charge is 0.227 e. The number of ether oxygens (including phenoxy) is 1. The van der Waals surface area contributed by atoms with Crippen LogP contribution in [0, 0.1) is 5.92 Å². The van der Waals surface area contributed by atoms with Crippen LogP contribution in [0.2, 0.25) is 0 Å². The van der Waals surface area contributed by atoms with Gasteiger partial charge in [-0.25, -0.2) is 0 Å². The van der Waals surface area contributed by atoms with Crippen LogP contribution in [0.5, 0.6) is 0 Å². The van der Waals surface area contributed by atoms with E-state index in [4.69, 9.17) is 4.74 Å². The summed E-state index contributed by atoms with van der Waals surface area (Å²) < 4.78 is 5.36. The number of H-pyrrole nitrogens is 1. The number of amides is 2. The van der Waals surface area contributed by atoms with Crippen molar-refractivity contribution < 1.29 is 14.3 Å². The van der Waals surface area contributed by atoms with Crippen molar-refractivity contribution in [2.75, 3.05) is 53.0 Å². The number of aromatic amines is 1. The number of carbonyl (C=O) groups excluding carboxylic acids is 2. The molecule has 1 aromatic heterocycles. The van der Waals surface area contributed by atoms with Gasteiger partial charge in [0.15, 0.2) is 0 Å². The fourth-order valence-corrected chi connectivity index (χ4v) is 3.66. The van der Waals surface area contributed by atoms with Gasteiger partial charge in [0.25, 0.3) is 0 Å². The molecule has 2 aliphatic rings. The van der Waals surface area contributed by atoms with Gasteiger partial charge >= 0.3 is 0 Å². The summed E-state index contributed by atoms with van der Waals surface area (Å²) in [6, 6.07) is 1.87. The van der Waals surface area contributed by atoms with Crippen LogP contribution in [-0.4, -0.2) is 89.7 Å². The average molecular weight is 363 g/mol. The van der Waals surface area contributed by atoms with Crippen LogP contribution < -0.4 is 0 Å². The molecule has 144 valence electrons. The summed E-state index contributed by atoms with van der Waals surface area (Å²) in [6.07, 6.45) is 3.73. The highest BCUT2D eigenvalue weighted by atomic mass is 16.5. The lowest BCUT2D eigenvalue weighted by Crippen LogP contribution is -2.47. The molecule has 2 fully saturated rings. The summed E-state index contributed by atoms with van der Waals surface area (Å²) in [6.45, 7) is 6.27. The van der Waals surface area contributed by atoms with Crippen molar-refractivity contribution in [2.45, 2.75) is 25.8 Å². The van der Waals surface area contributed by atoms with Crippen LogP contribution in [0.4, 0.5) is 0 Å². The van der Waals surface area contributed by atoms with Crippen LogP contribution >= 0.6 is 0 Å². The Morgan fingerprint density at radius 3 is 2.92 bits per heavy atom. The maximum atomic E-state index is 12.7. The zero-order valence-electron chi connectivity index (χ0n) is 15.5. The van der Waals surface area contributed by atoms with E-state index < -0.39 is 0 Å². The second-order valence-electron chi connectivity index (χ2n) is 7.16. The second-order valence-corrected chi connectivity index (χ2v) is 7.16. The number of likely N-dealkylation sites (tertiary alicyclic amines) is 1. The number of rotatable bonds is 7. The highest BCUT2D eigenvalue weighted by Gasteiger charge is 2.31. The Bertz CT molecular complexity index is 586. The standard InChI is InChI=1S/C18H29N5O3/c1-21(14-16-5-6-19-20-16)18(25)15-3-4-17(24)23(13-15)8-2-7-22-9-11-26-12-10-22/h5-6,15H,2-4,7-14H2,1H3,(H,19,20)/t15-/m0/s1. The zero-order chi connectivity index (χ0) is 18.4. The Labute approximate surface area is 154 Å². The van der Waals surface area contributed by atoms with Gasteiger partial charge in [0.1, 0.15) is 0 Å². The Morgan fingerprint density at radius 1 is 1.38 bits per heavy atom. The monoisotopic (exact) mass is 363 g/mol. The van der Waals surface area contributed by atoms with Gasteiger partial charge in [-0.2, -0.15) is 5.10 Å². The first-order valence-electron chi connectivity index (χ1n) is 9.44. The molecule has 0 radical (unpaired) electrons. The van der Waals surface area contributed by atoms with Gasteiger partial charge in [-0.05, 0) is 18.9 Å². The lowest BCUT2D eigenvalue weighted by molar-refractivity contribution is -0.142. The molecular formula is C18H29N5O3. The first kappa shape index (κ1) is 18.8. The SMILES string of the molecule is CN(Cc1ccn[nH]1)C(=O)[C@H]1CCC(=O)N(CCCN2CCOCC2)C1. The Kier molecular flexibility index (Phi) is 6.62. The Balaban J connectivity index is 1.45. The molecule has 1 aromatic rings. The molecule has 3 heterocycles. The lowest BCUT2D eigenvalue weighted by atomic mass is 9.96. The van der Waals surface area contributed by atoms with E-state index in [1.807, 2.05) is 18.0 Å². The summed E-state index contributed by atoms with van der Waals surface area (Å²) in [7, 11) is 1.81. The van der Waals surface area contributed by atoms with Crippen molar-refractivity contribution in [3.63, 3.8) is 0 Å². The molecule has 2 amide bonds. The molecule has 0 bridgehead atoms. The minimum Gasteiger partial charge on any atom is -0.379 e. The normalized spacial score (nSPS) is 21.8. The van der Waals surface area contributed by atoms with E-state index >= 15 is 0 Å². The fraction of sp³-hybridized carbons (Fsp3) is 0.722. The highest BCUT2D eigenvalue weighted by Crippen LogP contribution is 2.20. The van der Waals surface area contributed by atoms with E-state index in [1.54, 1.807) is 11.1 Å². The van der Waals surface area contributed by atoms with Crippen molar-refractivity contribution in [3.8, 4) is 0 Å². The highest BCUT2D eigenvalue weighted by molar-refractivity contribution is 5.83. The number of piperidine rings is 1. The summed E-state index contributed by atoms with van der Waals surface area (Å²) in [5.74, 6) is 0.168. The first-order chi connectivity index (χ1) is 12.6.